The minimum Gasteiger partial charge on any atom is -0.305 e. The summed E-state index contributed by atoms with van der Waals surface area (Å²) >= 11 is 0. The third-order valence-electron chi connectivity index (χ3n) is 3.78. The van der Waals surface area contributed by atoms with E-state index in [1.165, 1.54) is 24.8 Å². The summed E-state index contributed by atoms with van der Waals surface area (Å²) in [5.74, 6) is 0.747. The fourth-order valence-corrected chi connectivity index (χ4v) is 2.42. The van der Waals surface area contributed by atoms with E-state index in [0.717, 1.165) is 22.7 Å². The van der Waals surface area contributed by atoms with E-state index in [2.05, 4.69) is 34.2 Å². The van der Waals surface area contributed by atoms with Gasteiger partial charge in [0.2, 0.25) is 0 Å². The molecular weight excluding hydrogens is 224 g/mol. The van der Waals surface area contributed by atoms with E-state index in [1.54, 1.807) is 6.20 Å². The third kappa shape index (κ3) is 1.96. The molecule has 1 heterocycles. The summed E-state index contributed by atoms with van der Waals surface area (Å²) in [5.41, 5.74) is 4.04. The van der Waals surface area contributed by atoms with Crippen molar-refractivity contribution in [3.8, 4) is 11.3 Å². The molecule has 1 saturated carbocycles. The molecule has 0 amide bonds. The van der Waals surface area contributed by atoms with Gasteiger partial charge in [-0.3, -0.25) is 0 Å². The van der Waals surface area contributed by atoms with Crippen LogP contribution >= 0.6 is 0 Å². The van der Waals surface area contributed by atoms with Gasteiger partial charge < -0.3 is 4.98 Å². The van der Waals surface area contributed by atoms with Crippen molar-refractivity contribution in [3.63, 3.8) is 0 Å². The van der Waals surface area contributed by atoms with Crippen molar-refractivity contribution < 1.29 is 0 Å². The number of aromatic nitrogens is 2. The van der Waals surface area contributed by atoms with Crippen LogP contribution in [0, 0.1) is 6.92 Å². The quantitative estimate of drug-likeness (QED) is 0.877. The molecule has 1 aliphatic carbocycles. The number of nitrogens with zero attached hydrogens (tertiary/aromatic N) is 1. The van der Waals surface area contributed by atoms with Crippen LogP contribution in [0.15, 0.2) is 35.3 Å². The van der Waals surface area contributed by atoms with E-state index in [9.17, 15) is 4.79 Å². The van der Waals surface area contributed by atoms with E-state index >= 15 is 0 Å². The molecule has 0 aliphatic heterocycles. The van der Waals surface area contributed by atoms with Gasteiger partial charge in [0.15, 0.2) is 0 Å². The maximum absolute atomic E-state index is 11.3. The predicted molar refractivity (Wildman–Crippen MR) is 71.6 cm³/mol. The van der Waals surface area contributed by atoms with Crippen LogP contribution in [-0.2, 0) is 0 Å². The second-order valence-electron chi connectivity index (χ2n) is 5.00. The van der Waals surface area contributed by atoms with Gasteiger partial charge in [-0.2, -0.15) is 0 Å². The van der Waals surface area contributed by atoms with Crippen LogP contribution in [0.3, 0.4) is 0 Å². The number of hydrogen-bond acceptors (Lipinski definition) is 2. The van der Waals surface area contributed by atoms with Crippen molar-refractivity contribution >= 4 is 0 Å². The van der Waals surface area contributed by atoms with E-state index in [-0.39, 0.29) is 5.69 Å². The topological polar surface area (TPSA) is 45.8 Å². The Balaban J connectivity index is 1.96. The van der Waals surface area contributed by atoms with Gasteiger partial charge in [0.25, 0.3) is 0 Å². The molecule has 0 bridgehead atoms. The molecule has 0 radical (unpaired) electrons. The molecule has 3 rings (SSSR count). The Labute approximate surface area is 106 Å². The fraction of sp³-hybridized carbons (Fsp3) is 0.333. The number of hydrogen-bond donors (Lipinski definition) is 1. The predicted octanol–water partition coefficient (Wildman–Crippen LogP) is 3.01. The van der Waals surface area contributed by atoms with Gasteiger partial charge in [-0.1, -0.05) is 30.7 Å². The summed E-state index contributed by atoms with van der Waals surface area (Å²) in [6.07, 6.45) is 5.59. The fourth-order valence-electron chi connectivity index (χ4n) is 2.42. The second kappa shape index (κ2) is 4.41. The van der Waals surface area contributed by atoms with Gasteiger partial charge >= 0.3 is 5.69 Å². The highest BCUT2D eigenvalue weighted by Crippen LogP contribution is 2.36. The Morgan fingerprint density at radius 2 is 1.94 bits per heavy atom. The molecule has 1 aromatic heterocycles. The van der Waals surface area contributed by atoms with Gasteiger partial charge in [0.1, 0.15) is 0 Å². The van der Waals surface area contributed by atoms with Gasteiger partial charge in [0.05, 0.1) is 5.69 Å². The lowest BCUT2D eigenvalue weighted by atomic mass is 9.80. The van der Waals surface area contributed by atoms with Crippen molar-refractivity contribution in [1.82, 2.24) is 9.97 Å². The first-order valence-electron chi connectivity index (χ1n) is 6.40. The van der Waals surface area contributed by atoms with Gasteiger partial charge in [-0.25, -0.2) is 9.78 Å². The Kier molecular flexibility index (Phi) is 2.74. The molecule has 1 N–H and O–H groups in total. The van der Waals surface area contributed by atoms with E-state index in [4.69, 9.17) is 0 Å². The van der Waals surface area contributed by atoms with Crippen LogP contribution < -0.4 is 5.69 Å². The lowest BCUT2D eigenvalue weighted by Crippen LogP contribution is -2.11. The highest BCUT2D eigenvalue weighted by Gasteiger charge is 2.19. The molecule has 0 atom stereocenters. The Morgan fingerprint density at radius 1 is 1.22 bits per heavy atom. The number of nitrogens with one attached hydrogen (secondary N) is 1. The smallest absolute Gasteiger partial charge is 0.305 e. The number of aromatic amines is 1. The van der Waals surface area contributed by atoms with Gasteiger partial charge in [-0.15, -0.1) is 0 Å². The Morgan fingerprint density at radius 3 is 2.56 bits per heavy atom. The first kappa shape index (κ1) is 11.2. The van der Waals surface area contributed by atoms with Crippen molar-refractivity contribution in [2.45, 2.75) is 32.1 Å². The zero-order valence-electron chi connectivity index (χ0n) is 10.4. The molecule has 1 aromatic carbocycles. The molecular formula is C15H16N2O. The third-order valence-corrected chi connectivity index (χ3v) is 3.78. The first-order chi connectivity index (χ1) is 8.74. The van der Waals surface area contributed by atoms with Crippen molar-refractivity contribution in [1.29, 1.82) is 0 Å². The van der Waals surface area contributed by atoms with E-state index in [0.29, 0.717) is 0 Å². The molecule has 0 spiro atoms. The number of rotatable bonds is 2. The monoisotopic (exact) mass is 240 g/mol. The number of aryl methyl sites for hydroxylation is 1. The largest absolute Gasteiger partial charge is 0.345 e. The van der Waals surface area contributed by atoms with E-state index < -0.39 is 0 Å². The van der Waals surface area contributed by atoms with Gasteiger partial charge in [0, 0.05) is 6.20 Å². The van der Waals surface area contributed by atoms with Crippen molar-refractivity contribution in [2.75, 3.05) is 0 Å². The molecule has 2 aromatic rings. The number of benzene rings is 1. The zero-order valence-corrected chi connectivity index (χ0v) is 10.4. The summed E-state index contributed by atoms with van der Waals surface area (Å²) in [5, 5.41) is 0. The standard InChI is InChI=1S/C15H16N2O/c1-10-9-16-15(18)17-14(10)13-7-5-12(6-8-13)11-3-2-4-11/h5-9,11H,2-4H2,1H3,(H,16,17,18). The summed E-state index contributed by atoms with van der Waals surface area (Å²) in [6, 6.07) is 8.53. The zero-order chi connectivity index (χ0) is 12.5. The molecule has 92 valence electrons. The van der Waals surface area contributed by atoms with Crippen molar-refractivity contribution in [3.05, 3.63) is 52.1 Å². The average molecular weight is 240 g/mol. The summed E-state index contributed by atoms with van der Waals surface area (Å²) < 4.78 is 0. The first-order valence-corrected chi connectivity index (χ1v) is 6.40. The van der Waals surface area contributed by atoms with Crippen LogP contribution in [0.25, 0.3) is 11.3 Å². The molecule has 3 heteroatoms. The van der Waals surface area contributed by atoms with Gasteiger partial charge in [-0.05, 0) is 42.4 Å². The lowest BCUT2D eigenvalue weighted by molar-refractivity contribution is 0.420. The molecule has 0 saturated heterocycles. The maximum Gasteiger partial charge on any atom is 0.345 e. The minimum atomic E-state index is -0.293. The summed E-state index contributed by atoms with van der Waals surface area (Å²) in [4.78, 5) is 17.8. The Hall–Kier alpha value is -1.90. The molecule has 18 heavy (non-hydrogen) atoms. The second-order valence-corrected chi connectivity index (χ2v) is 5.00. The van der Waals surface area contributed by atoms with Crippen LogP contribution in [0.2, 0.25) is 0 Å². The SMILES string of the molecule is Cc1cnc(=O)[nH]c1-c1ccc(C2CCC2)cc1. The Bertz CT molecular complexity index is 609. The number of H-pyrrole nitrogens is 1. The minimum absolute atomic E-state index is 0.293. The lowest BCUT2D eigenvalue weighted by Gasteiger charge is -2.25. The highest BCUT2D eigenvalue weighted by atomic mass is 16.1. The molecule has 3 nitrogen and oxygen atoms in total. The summed E-state index contributed by atoms with van der Waals surface area (Å²) in [7, 11) is 0. The maximum atomic E-state index is 11.3. The highest BCUT2D eigenvalue weighted by molar-refractivity contribution is 5.62. The molecule has 1 fully saturated rings. The molecule has 0 unspecified atom stereocenters. The van der Waals surface area contributed by atoms with E-state index in [1.807, 2.05) is 6.92 Å². The van der Waals surface area contributed by atoms with Crippen molar-refractivity contribution in [2.24, 2.45) is 0 Å². The van der Waals surface area contributed by atoms with Crippen LogP contribution in [0.4, 0.5) is 0 Å². The van der Waals surface area contributed by atoms with Crippen LogP contribution in [-0.4, -0.2) is 9.97 Å². The van der Waals surface area contributed by atoms with Crippen LogP contribution in [0.5, 0.6) is 0 Å². The average Bonchev–Trinajstić information content (AvgIpc) is 2.31. The normalized spacial score (nSPS) is 15.4. The molecule has 1 aliphatic rings. The van der Waals surface area contributed by atoms with Crippen LogP contribution in [0.1, 0.15) is 36.3 Å². The summed E-state index contributed by atoms with van der Waals surface area (Å²) in [6.45, 7) is 1.96.